The van der Waals surface area contributed by atoms with Crippen LogP contribution >= 0.6 is 0 Å². The van der Waals surface area contributed by atoms with E-state index < -0.39 is 0 Å². The summed E-state index contributed by atoms with van der Waals surface area (Å²) in [6.07, 6.45) is 4.96. The topological polar surface area (TPSA) is 49.3 Å². The second kappa shape index (κ2) is 8.30. The van der Waals surface area contributed by atoms with Gasteiger partial charge in [0.2, 0.25) is 5.91 Å². The van der Waals surface area contributed by atoms with Crippen molar-refractivity contribution in [3.63, 3.8) is 0 Å². The number of hydrogen-bond acceptors (Lipinski definition) is 4. The first-order valence-electron chi connectivity index (χ1n) is 9.48. The second-order valence-electron chi connectivity index (χ2n) is 7.22. The molecule has 1 aromatic carbocycles. The van der Waals surface area contributed by atoms with E-state index in [0.717, 1.165) is 24.3 Å². The van der Waals surface area contributed by atoms with Crippen LogP contribution in [0.25, 0.3) is 0 Å². The number of carbonyl (C=O) groups is 1. The maximum atomic E-state index is 12.9. The van der Waals surface area contributed by atoms with Gasteiger partial charge >= 0.3 is 0 Å². The fraction of sp³-hybridized carbons (Fsp3) is 0.476. The van der Waals surface area contributed by atoms with E-state index in [4.69, 9.17) is 0 Å². The summed E-state index contributed by atoms with van der Waals surface area (Å²) in [7, 11) is 0. The highest BCUT2D eigenvalue weighted by Gasteiger charge is 2.30. The normalized spacial score (nSPS) is 18.3. The minimum absolute atomic E-state index is 0.181. The number of hydrogen-bond donors (Lipinski definition) is 0. The zero-order chi connectivity index (χ0) is 18.5. The Morgan fingerprint density at radius 3 is 2.69 bits per heavy atom. The van der Waals surface area contributed by atoms with Crippen LogP contribution < -0.4 is 4.90 Å². The molecule has 1 atom stereocenters. The number of amides is 1. The van der Waals surface area contributed by atoms with Crippen molar-refractivity contribution in [2.45, 2.75) is 52.1 Å². The number of aromatic nitrogens is 2. The molecule has 1 aromatic heterocycles. The molecule has 1 saturated heterocycles. The Kier molecular flexibility index (Phi) is 5.86. The summed E-state index contributed by atoms with van der Waals surface area (Å²) in [5.41, 5.74) is 2.32. The molecule has 0 saturated carbocycles. The van der Waals surface area contributed by atoms with Gasteiger partial charge in [0.1, 0.15) is 12.1 Å². The van der Waals surface area contributed by atoms with E-state index in [2.05, 4.69) is 47.8 Å². The van der Waals surface area contributed by atoms with Crippen LogP contribution in [0.2, 0.25) is 0 Å². The maximum Gasteiger partial charge on any atom is 0.224 e. The van der Waals surface area contributed by atoms with Crippen LogP contribution in [0.3, 0.4) is 0 Å². The molecule has 2 heterocycles. The molecular formula is C21H28N4O. The van der Waals surface area contributed by atoms with Crippen molar-refractivity contribution in [3.05, 3.63) is 54.0 Å². The molecule has 0 radical (unpaired) electrons. The monoisotopic (exact) mass is 352 g/mol. The summed E-state index contributed by atoms with van der Waals surface area (Å²) < 4.78 is 0. The van der Waals surface area contributed by atoms with Crippen LogP contribution in [-0.2, 0) is 11.3 Å². The molecule has 138 valence electrons. The first kappa shape index (κ1) is 18.4. The second-order valence-corrected chi connectivity index (χ2v) is 7.22. The van der Waals surface area contributed by atoms with Gasteiger partial charge in [-0.1, -0.05) is 51.1 Å². The van der Waals surface area contributed by atoms with Crippen molar-refractivity contribution in [3.8, 4) is 0 Å². The average molecular weight is 352 g/mol. The van der Waals surface area contributed by atoms with Gasteiger partial charge < -0.3 is 9.80 Å². The van der Waals surface area contributed by atoms with E-state index in [1.54, 1.807) is 6.33 Å². The van der Waals surface area contributed by atoms with Crippen molar-refractivity contribution >= 4 is 11.7 Å². The lowest BCUT2D eigenvalue weighted by Crippen LogP contribution is -2.42. The Morgan fingerprint density at radius 1 is 1.23 bits per heavy atom. The predicted octanol–water partition coefficient (Wildman–Crippen LogP) is 3.62. The van der Waals surface area contributed by atoms with Crippen molar-refractivity contribution in [2.24, 2.45) is 0 Å². The van der Waals surface area contributed by atoms with Crippen LogP contribution in [0.5, 0.6) is 0 Å². The summed E-state index contributed by atoms with van der Waals surface area (Å²) in [6, 6.07) is 10.4. The van der Waals surface area contributed by atoms with Gasteiger partial charge in [-0.2, -0.15) is 0 Å². The molecule has 1 unspecified atom stereocenters. The zero-order valence-corrected chi connectivity index (χ0v) is 15.9. The first-order valence-corrected chi connectivity index (χ1v) is 9.48. The van der Waals surface area contributed by atoms with Gasteiger partial charge in [-0.3, -0.25) is 4.79 Å². The third-order valence-electron chi connectivity index (χ3n) is 5.09. The number of nitrogens with zero attached hydrogens (tertiary/aromatic N) is 4. The molecular weight excluding hydrogens is 324 g/mol. The summed E-state index contributed by atoms with van der Waals surface area (Å²) in [5, 5.41) is 0. The summed E-state index contributed by atoms with van der Waals surface area (Å²) in [6.45, 7) is 8.66. The van der Waals surface area contributed by atoms with E-state index in [-0.39, 0.29) is 11.9 Å². The number of carbonyl (C=O) groups excluding carboxylic acids is 1. The molecule has 0 spiro atoms. The van der Waals surface area contributed by atoms with E-state index >= 15 is 0 Å². The predicted molar refractivity (Wildman–Crippen MR) is 104 cm³/mol. The fourth-order valence-corrected chi connectivity index (χ4v) is 3.57. The molecule has 2 aromatic rings. The van der Waals surface area contributed by atoms with Crippen molar-refractivity contribution in [2.75, 3.05) is 18.0 Å². The largest absolute Gasteiger partial charge is 0.354 e. The lowest BCUT2D eigenvalue weighted by Gasteiger charge is -2.32. The zero-order valence-electron chi connectivity index (χ0n) is 15.9. The van der Waals surface area contributed by atoms with Crippen LogP contribution in [-0.4, -0.2) is 39.9 Å². The highest BCUT2D eigenvalue weighted by Crippen LogP contribution is 2.27. The molecule has 1 fully saturated rings. The van der Waals surface area contributed by atoms with Gasteiger partial charge in [-0.05, 0) is 17.9 Å². The SMILES string of the molecule is CCC1CN(c2ncncc2C(C)C)CCC(=O)N1Cc1ccccc1. The third-order valence-corrected chi connectivity index (χ3v) is 5.09. The number of benzene rings is 1. The Hall–Kier alpha value is -2.43. The van der Waals surface area contributed by atoms with Crippen molar-refractivity contribution < 1.29 is 4.79 Å². The fourth-order valence-electron chi connectivity index (χ4n) is 3.57. The van der Waals surface area contributed by atoms with Gasteiger partial charge in [-0.25, -0.2) is 9.97 Å². The lowest BCUT2D eigenvalue weighted by molar-refractivity contribution is -0.133. The average Bonchev–Trinajstić information content (AvgIpc) is 2.82. The molecule has 5 nitrogen and oxygen atoms in total. The minimum Gasteiger partial charge on any atom is -0.354 e. The quantitative estimate of drug-likeness (QED) is 0.825. The Labute approximate surface area is 156 Å². The number of anilines is 1. The standard InChI is InChI=1S/C21H28N4O/c1-4-18-14-24(21-19(16(2)3)12-22-15-23-21)11-10-20(26)25(18)13-17-8-6-5-7-9-17/h5-9,12,15-16,18H,4,10-11,13-14H2,1-3H3. The molecule has 5 heteroatoms. The highest BCUT2D eigenvalue weighted by atomic mass is 16.2. The number of rotatable bonds is 5. The lowest BCUT2D eigenvalue weighted by atomic mass is 10.1. The molecule has 0 N–H and O–H groups in total. The van der Waals surface area contributed by atoms with Crippen molar-refractivity contribution in [1.29, 1.82) is 0 Å². The maximum absolute atomic E-state index is 12.9. The van der Waals surface area contributed by atoms with Crippen LogP contribution in [0.4, 0.5) is 5.82 Å². The van der Waals surface area contributed by atoms with Gasteiger partial charge in [0.25, 0.3) is 0 Å². The molecule has 0 aliphatic carbocycles. The van der Waals surface area contributed by atoms with Gasteiger partial charge in [0.05, 0.1) is 0 Å². The van der Waals surface area contributed by atoms with E-state index in [1.165, 1.54) is 5.56 Å². The molecule has 1 aliphatic rings. The smallest absolute Gasteiger partial charge is 0.224 e. The Balaban J connectivity index is 1.85. The van der Waals surface area contributed by atoms with Gasteiger partial charge in [-0.15, -0.1) is 0 Å². The highest BCUT2D eigenvalue weighted by molar-refractivity contribution is 5.78. The van der Waals surface area contributed by atoms with Crippen LogP contribution in [0.15, 0.2) is 42.9 Å². The summed E-state index contributed by atoms with van der Waals surface area (Å²) in [4.78, 5) is 25.9. The van der Waals surface area contributed by atoms with Crippen LogP contribution in [0.1, 0.15) is 50.7 Å². The third kappa shape index (κ3) is 4.03. The molecule has 26 heavy (non-hydrogen) atoms. The van der Waals surface area contributed by atoms with Crippen LogP contribution in [0, 0.1) is 0 Å². The molecule has 1 amide bonds. The van der Waals surface area contributed by atoms with E-state index in [0.29, 0.717) is 25.4 Å². The van der Waals surface area contributed by atoms with Crippen molar-refractivity contribution in [1.82, 2.24) is 14.9 Å². The Bertz CT molecular complexity index is 732. The first-order chi connectivity index (χ1) is 12.6. The van der Waals surface area contributed by atoms with Gasteiger partial charge in [0.15, 0.2) is 0 Å². The summed E-state index contributed by atoms with van der Waals surface area (Å²) in [5.74, 6) is 1.55. The molecule has 0 bridgehead atoms. The minimum atomic E-state index is 0.181. The summed E-state index contributed by atoms with van der Waals surface area (Å²) >= 11 is 0. The Morgan fingerprint density at radius 2 is 2.00 bits per heavy atom. The van der Waals surface area contributed by atoms with E-state index in [9.17, 15) is 4.79 Å². The molecule has 1 aliphatic heterocycles. The van der Waals surface area contributed by atoms with E-state index in [1.807, 2.05) is 29.3 Å². The van der Waals surface area contributed by atoms with Gasteiger partial charge in [0, 0.05) is 43.9 Å². The molecule has 3 rings (SSSR count).